The molecule has 1 rings (SSSR count). The Kier molecular flexibility index (Phi) is 43.6. The summed E-state index contributed by atoms with van der Waals surface area (Å²) in [6.45, 7) is 3.78. The van der Waals surface area contributed by atoms with Crippen molar-refractivity contribution in [3.63, 3.8) is 0 Å². The van der Waals surface area contributed by atoms with Crippen molar-refractivity contribution in [2.24, 2.45) is 0 Å². The highest BCUT2D eigenvalue weighted by molar-refractivity contribution is 5.76. The van der Waals surface area contributed by atoms with Crippen LogP contribution in [0.15, 0.2) is 36.5 Å². The van der Waals surface area contributed by atoms with Gasteiger partial charge in [-0.15, -0.1) is 0 Å². The number of aliphatic hydroxyl groups excluding tert-OH is 5. The van der Waals surface area contributed by atoms with Gasteiger partial charge in [0.05, 0.1) is 25.4 Å². The minimum absolute atomic E-state index is 0.136. The molecule has 9 nitrogen and oxygen atoms in total. The summed E-state index contributed by atoms with van der Waals surface area (Å²) >= 11 is 0. The standard InChI is InChI=1S/C56H105NO8/c1-3-5-7-9-11-12-13-14-15-16-17-18-19-20-21-22-23-24-25-26-27-28-29-30-31-32-33-34-35-36-37-38-40-42-44-46-52(60)57-49(50(59)45-43-41-39-10-8-6-4-2)48-64-56-55(63)54(62)53(61)51(47-58)65-56/h13-14,16-17,19-20,49-51,53-56,58-59,61-63H,3-12,15,18,21-48H2,1-2H3,(H,57,60)/b14-13-,17-16-,20-19-. The SMILES string of the molecule is CCCCCCC/C=C\C/C=C\C/C=C\CCCCCCCCCCCCCCCCCCCCCCC(=O)NC(COC1OC(CO)C(O)C(O)C1O)C(O)CCCCCCCCC. The van der Waals surface area contributed by atoms with E-state index >= 15 is 0 Å². The van der Waals surface area contributed by atoms with E-state index in [1.54, 1.807) is 0 Å². The average molecular weight is 920 g/mol. The maximum absolute atomic E-state index is 13.0. The van der Waals surface area contributed by atoms with E-state index in [-0.39, 0.29) is 12.5 Å². The first kappa shape index (κ1) is 61.4. The molecule has 0 bridgehead atoms. The van der Waals surface area contributed by atoms with Gasteiger partial charge < -0.3 is 40.3 Å². The topological polar surface area (TPSA) is 149 Å². The summed E-state index contributed by atoms with van der Waals surface area (Å²) in [5.41, 5.74) is 0. The number of allylic oxidation sites excluding steroid dienone is 6. The van der Waals surface area contributed by atoms with E-state index in [0.717, 1.165) is 51.4 Å². The first-order valence-corrected chi connectivity index (χ1v) is 27.7. The molecule has 1 saturated heterocycles. The van der Waals surface area contributed by atoms with Crippen LogP contribution in [0.5, 0.6) is 0 Å². The van der Waals surface area contributed by atoms with E-state index in [0.29, 0.717) is 12.8 Å². The van der Waals surface area contributed by atoms with Gasteiger partial charge in [0.1, 0.15) is 24.4 Å². The van der Waals surface area contributed by atoms with Crippen LogP contribution in [0.25, 0.3) is 0 Å². The summed E-state index contributed by atoms with van der Waals surface area (Å²) in [6, 6.07) is -0.714. The second-order valence-electron chi connectivity index (χ2n) is 19.4. The molecule has 1 amide bonds. The predicted octanol–water partition coefficient (Wildman–Crippen LogP) is 13.2. The van der Waals surface area contributed by atoms with Gasteiger partial charge in [-0.25, -0.2) is 0 Å². The lowest BCUT2D eigenvalue weighted by Gasteiger charge is -2.40. The Morgan fingerprint density at radius 3 is 1.34 bits per heavy atom. The number of carbonyl (C=O) groups is 1. The first-order chi connectivity index (χ1) is 31.8. The van der Waals surface area contributed by atoms with E-state index in [4.69, 9.17) is 9.47 Å². The fourth-order valence-corrected chi connectivity index (χ4v) is 8.82. The Morgan fingerprint density at radius 2 is 0.908 bits per heavy atom. The van der Waals surface area contributed by atoms with Crippen molar-refractivity contribution < 1.29 is 39.8 Å². The van der Waals surface area contributed by atoms with Crippen LogP contribution in [-0.4, -0.2) is 87.5 Å². The van der Waals surface area contributed by atoms with Gasteiger partial charge in [0, 0.05) is 6.42 Å². The smallest absolute Gasteiger partial charge is 0.220 e. The fraction of sp³-hybridized carbons (Fsp3) is 0.875. The number of nitrogens with one attached hydrogen (secondary N) is 1. The summed E-state index contributed by atoms with van der Waals surface area (Å²) in [5, 5.41) is 54.2. The lowest BCUT2D eigenvalue weighted by molar-refractivity contribution is -0.302. The predicted molar refractivity (Wildman–Crippen MR) is 272 cm³/mol. The van der Waals surface area contributed by atoms with Gasteiger partial charge in [-0.05, 0) is 51.4 Å². The summed E-state index contributed by atoms with van der Waals surface area (Å²) in [6.07, 6.45) is 52.2. The molecule has 65 heavy (non-hydrogen) atoms. The van der Waals surface area contributed by atoms with E-state index < -0.39 is 49.5 Å². The second-order valence-corrected chi connectivity index (χ2v) is 19.4. The number of carbonyl (C=O) groups excluding carboxylic acids is 1. The third-order valence-corrected chi connectivity index (χ3v) is 13.2. The van der Waals surface area contributed by atoms with E-state index in [1.807, 2.05) is 0 Å². The lowest BCUT2D eigenvalue weighted by atomic mass is 9.99. The van der Waals surface area contributed by atoms with Gasteiger partial charge in [0.15, 0.2) is 6.29 Å². The summed E-state index contributed by atoms with van der Waals surface area (Å²) in [5.74, 6) is -0.146. The first-order valence-electron chi connectivity index (χ1n) is 27.7. The Morgan fingerprint density at radius 1 is 0.523 bits per heavy atom. The molecule has 0 aromatic carbocycles. The largest absolute Gasteiger partial charge is 0.394 e. The van der Waals surface area contributed by atoms with Gasteiger partial charge in [-0.1, -0.05) is 237 Å². The molecular weight excluding hydrogens is 815 g/mol. The average Bonchev–Trinajstić information content (AvgIpc) is 3.31. The summed E-state index contributed by atoms with van der Waals surface area (Å²) in [7, 11) is 0. The van der Waals surface area contributed by atoms with Crippen molar-refractivity contribution >= 4 is 5.91 Å². The molecule has 0 radical (unpaired) electrons. The van der Waals surface area contributed by atoms with Gasteiger partial charge in [-0.2, -0.15) is 0 Å². The molecule has 0 aliphatic carbocycles. The molecule has 1 heterocycles. The van der Waals surface area contributed by atoms with E-state index in [2.05, 4.69) is 55.6 Å². The molecule has 7 atom stereocenters. The third-order valence-electron chi connectivity index (χ3n) is 13.2. The van der Waals surface area contributed by atoms with Crippen LogP contribution in [0.4, 0.5) is 0 Å². The summed E-state index contributed by atoms with van der Waals surface area (Å²) in [4.78, 5) is 13.0. The van der Waals surface area contributed by atoms with Gasteiger partial charge >= 0.3 is 0 Å². The third kappa shape index (κ3) is 36.1. The number of unbranched alkanes of at least 4 members (excludes halogenated alkanes) is 31. The Bertz CT molecular complexity index is 1110. The number of ether oxygens (including phenoxy) is 2. The zero-order chi connectivity index (χ0) is 47.3. The number of aliphatic hydroxyl groups is 5. The molecule has 1 aliphatic rings. The molecule has 0 aromatic heterocycles. The van der Waals surface area contributed by atoms with Crippen molar-refractivity contribution in [3.8, 4) is 0 Å². The van der Waals surface area contributed by atoms with Crippen molar-refractivity contribution in [2.45, 2.75) is 301 Å². The molecular formula is C56H105NO8. The van der Waals surface area contributed by atoms with Crippen molar-refractivity contribution in [3.05, 3.63) is 36.5 Å². The quantitative estimate of drug-likeness (QED) is 0.0261. The normalized spacial score (nSPS) is 20.1. The number of rotatable bonds is 47. The maximum Gasteiger partial charge on any atom is 0.220 e. The van der Waals surface area contributed by atoms with E-state index in [9.17, 15) is 30.3 Å². The van der Waals surface area contributed by atoms with Crippen LogP contribution >= 0.6 is 0 Å². The highest BCUT2D eigenvalue weighted by Crippen LogP contribution is 2.23. The van der Waals surface area contributed by atoms with E-state index in [1.165, 1.54) is 180 Å². The zero-order valence-corrected chi connectivity index (χ0v) is 42.3. The second kappa shape index (κ2) is 46.2. The van der Waals surface area contributed by atoms with Gasteiger partial charge in [-0.3, -0.25) is 4.79 Å². The Balaban J connectivity index is 2.01. The minimum Gasteiger partial charge on any atom is -0.394 e. The fourth-order valence-electron chi connectivity index (χ4n) is 8.82. The molecule has 0 saturated carbocycles. The lowest BCUT2D eigenvalue weighted by Crippen LogP contribution is -2.60. The van der Waals surface area contributed by atoms with Crippen LogP contribution in [0.1, 0.15) is 258 Å². The highest BCUT2D eigenvalue weighted by atomic mass is 16.7. The molecule has 6 N–H and O–H groups in total. The summed E-state index contributed by atoms with van der Waals surface area (Å²) < 4.78 is 11.2. The van der Waals surface area contributed by atoms with Crippen LogP contribution < -0.4 is 5.32 Å². The Labute approximate surface area is 400 Å². The molecule has 7 unspecified atom stereocenters. The van der Waals surface area contributed by atoms with Crippen molar-refractivity contribution in [1.29, 1.82) is 0 Å². The molecule has 0 aromatic rings. The minimum atomic E-state index is -1.55. The van der Waals surface area contributed by atoms with Crippen LogP contribution in [0, 0.1) is 0 Å². The highest BCUT2D eigenvalue weighted by Gasteiger charge is 2.44. The molecule has 0 spiro atoms. The van der Waals surface area contributed by atoms with Crippen molar-refractivity contribution in [1.82, 2.24) is 5.32 Å². The number of amides is 1. The monoisotopic (exact) mass is 920 g/mol. The molecule has 1 fully saturated rings. The molecule has 382 valence electrons. The maximum atomic E-state index is 13.0. The number of hydrogen-bond donors (Lipinski definition) is 6. The van der Waals surface area contributed by atoms with Crippen LogP contribution in [-0.2, 0) is 14.3 Å². The molecule has 1 aliphatic heterocycles. The van der Waals surface area contributed by atoms with Crippen molar-refractivity contribution in [2.75, 3.05) is 13.2 Å². The Hall–Kier alpha value is -1.59. The van der Waals surface area contributed by atoms with Gasteiger partial charge in [0.25, 0.3) is 0 Å². The van der Waals surface area contributed by atoms with Crippen LogP contribution in [0.2, 0.25) is 0 Å². The number of hydrogen-bond acceptors (Lipinski definition) is 8. The zero-order valence-electron chi connectivity index (χ0n) is 42.3. The molecule has 9 heteroatoms. The van der Waals surface area contributed by atoms with Gasteiger partial charge in [0.2, 0.25) is 5.91 Å². The van der Waals surface area contributed by atoms with Crippen LogP contribution in [0.3, 0.4) is 0 Å².